The van der Waals surface area contributed by atoms with Crippen LogP contribution in [0, 0.1) is 28.6 Å². The smallest absolute Gasteiger partial charge is 0.319 e. The summed E-state index contributed by atoms with van der Waals surface area (Å²) in [6.07, 6.45) is 2.42. The molecule has 1 aromatic heterocycles. The number of quaternary nitrogens is 1. The number of anilines is 1. The van der Waals surface area contributed by atoms with Crippen molar-refractivity contribution >= 4 is 23.5 Å². The van der Waals surface area contributed by atoms with Crippen LogP contribution in [0.2, 0.25) is 0 Å². The van der Waals surface area contributed by atoms with Gasteiger partial charge >= 0.3 is 5.91 Å². The molecule has 5 N–H and O–H groups in total. The third-order valence-electron chi connectivity index (χ3n) is 4.11. The fraction of sp³-hybridized carbons (Fsp3) is 0.263. The Labute approximate surface area is 160 Å². The van der Waals surface area contributed by atoms with E-state index in [4.69, 9.17) is 10.5 Å². The van der Waals surface area contributed by atoms with E-state index in [0.29, 0.717) is 28.7 Å². The average molecular weight is 380 g/mol. The number of hydrogen-bond donors (Lipinski definition) is 2. The number of nitrogens with zero attached hydrogens (tertiary/aromatic N) is 3. The Bertz CT molecular complexity index is 956. The van der Waals surface area contributed by atoms with Crippen molar-refractivity contribution in [3.63, 3.8) is 0 Å². The molecule has 0 atom stereocenters. The zero-order valence-corrected chi connectivity index (χ0v) is 15.4. The first-order valence-corrected chi connectivity index (χ1v) is 9.36. The van der Waals surface area contributed by atoms with Crippen LogP contribution in [0.15, 0.2) is 29.3 Å². The molecule has 1 heterocycles. The third kappa shape index (κ3) is 4.37. The molecule has 1 amide bonds. The van der Waals surface area contributed by atoms with Crippen LogP contribution < -0.4 is 16.2 Å². The molecule has 1 fully saturated rings. The minimum absolute atomic E-state index is 0.0274. The zero-order chi connectivity index (χ0) is 19.4. The SMILES string of the molecule is N#Cc1c(N)nc(SCC([NH3+])=O)c(C#N)c1-c1ccc(OCC2CC2)cc1. The fourth-order valence-corrected chi connectivity index (χ4v) is 3.31. The van der Waals surface area contributed by atoms with Gasteiger partial charge in [-0.3, -0.25) is 5.73 Å². The van der Waals surface area contributed by atoms with Crippen molar-refractivity contribution in [3.05, 3.63) is 35.4 Å². The quantitative estimate of drug-likeness (QED) is 0.697. The summed E-state index contributed by atoms with van der Waals surface area (Å²) < 4.78 is 5.73. The van der Waals surface area contributed by atoms with Crippen LogP contribution in [-0.4, -0.2) is 23.3 Å². The molecule has 0 radical (unpaired) electrons. The van der Waals surface area contributed by atoms with Gasteiger partial charge in [-0.15, -0.1) is 0 Å². The highest BCUT2D eigenvalue weighted by Crippen LogP contribution is 2.36. The number of ether oxygens (including phenoxy) is 1. The number of carbonyl (C=O) groups excluding carboxylic acids is 1. The Kier molecular flexibility index (Phi) is 5.60. The van der Waals surface area contributed by atoms with Crippen LogP contribution in [0.5, 0.6) is 5.75 Å². The van der Waals surface area contributed by atoms with E-state index in [1.54, 1.807) is 12.1 Å². The molecule has 1 aromatic carbocycles. The summed E-state index contributed by atoms with van der Waals surface area (Å²) >= 11 is 1.08. The van der Waals surface area contributed by atoms with E-state index in [1.165, 1.54) is 12.8 Å². The third-order valence-corrected chi connectivity index (χ3v) is 5.15. The van der Waals surface area contributed by atoms with E-state index >= 15 is 0 Å². The molecule has 8 heteroatoms. The number of nitrogen functional groups attached to an aromatic ring is 1. The molecule has 0 bridgehead atoms. The molecule has 1 aliphatic rings. The predicted octanol–water partition coefficient (Wildman–Crippen LogP) is 1.72. The maximum atomic E-state index is 11.2. The number of hydrogen-bond acceptors (Lipinski definition) is 7. The first-order valence-electron chi connectivity index (χ1n) is 8.38. The topological polar surface area (TPSA) is 140 Å². The molecule has 0 saturated heterocycles. The molecule has 1 aliphatic carbocycles. The van der Waals surface area contributed by atoms with Crippen LogP contribution >= 0.6 is 11.8 Å². The predicted molar refractivity (Wildman–Crippen MR) is 100 cm³/mol. The van der Waals surface area contributed by atoms with Crippen molar-refractivity contribution in [2.75, 3.05) is 18.1 Å². The lowest BCUT2D eigenvalue weighted by atomic mass is 9.97. The van der Waals surface area contributed by atoms with Crippen LogP contribution in [0.3, 0.4) is 0 Å². The van der Waals surface area contributed by atoms with E-state index < -0.39 is 0 Å². The minimum Gasteiger partial charge on any atom is -0.493 e. The van der Waals surface area contributed by atoms with Gasteiger partial charge in [0.15, 0.2) is 0 Å². The summed E-state index contributed by atoms with van der Waals surface area (Å²) in [5.41, 5.74) is 10.7. The number of amides is 1. The lowest BCUT2D eigenvalue weighted by Crippen LogP contribution is -2.58. The zero-order valence-electron chi connectivity index (χ0n) is 14.6. The second-order valence-electron chi connectivity index (χ2n) is 6.26. The monoisotopic (exact) mass is 380 g/mol. The molecule has 136 valence electrons. The summed E-state index contributed by atoms with van der Waals surface area (Å²) in [5, 5.41) is 19.5. The van der Waals surface area contributed by atoms with E-state index in [0.717, 1.165) is 17.5 Å². The van der Waals surface area contributed by atoms with Gasteiger partial charge in [-0.05, 0) is 36.5 Å². The normalized spacial score (nSPS) is 12.9. The number of thioether (sulfide) groups is 1. The molecule has 1 saturated carbocycles. The van der Waals surface area contributed by atoms with Crippen molar-refractivity contribution < 1.29 is 15.3 Å². The number of nitrogens with two attached hydrogens (primary N) is 1. The Morgan fingerprint density at radius 2 is 1.93 bits per heavy atom. The lowest BCUT2D eigenvalue weighted by Gasteiger charge is -2.13. The molecule has 27 heavy (non-hydrogen) atoms. The van der Waals surface area contributed by atoms with Crippen LogP contribution in [0.25, 0.3) is 11.1 Å². The number of nitriles is 2. The van der Waals surface area contributed by atoms with Gasteiger partial charge in [-0.1, -0.05) is 23.9 Å². The van der Waals surface area contributed by atoms with E-state index in [2.05, 4.69) is 16.8 Å². The molecule has 0 spiro atoms. The Morgan fingerprint density at radius 1 is 1.26 bits per heavy atom. The van der Waals surface area contributed by atoms with Gasteiger partial charge in [0.25, 0.3) is 0 Å². The summed E-state index contributed by atoms with van der Waals surface area (Å²) in [5.74, 6) is 1.20. The first-order chi connectivity index (χ1) is 13.0. The highest BCUT2D eigenvalue weighted by molar-refractivity contribution is 7.99. The first kappa shape index (κ1) is 18.7. The van der Waals surface area contributed by atoms with Crippen molar-refractivity contribution in [1.29, 1.82) is 10.5 Å². The largest absolute Gasteiger partial charge is 0.493 e. The van der Waals surface area contributed by atoms with Crippen LogP contribution in [0.4, 0.5) is 5.82 Å². The number of carbonyl (C=O) groups is 1. The molecule has 0 aliphatic heterocycles. The van der Waals surface area contributed by atoms with Crippen molar-refractivity contribution in [3.8, 4) is 29.0 Å². The average Bonchev–Trinajstić information content (AvgIpc) is 3.49. The Morgan fingerprint density at radius 3 is 2.48 bits per heavy atom. The number of benzene rings is 1. The number of pyridine rings is 1. The van der Waals surface area contributed by atoms with Crippen LogP contribution in [-0.2, 0) is 4.79 Å². The van der Waals surface area contributed by atoms with Gasteiger partial charge in [0, 0.05) is 5.56 Å². The van der Waals surface area contributed by atoms with Crippen LogP contribution in [0.1, 0.15) is 24.0 Å². The standard InChI is InChI=1S/C19H17N5O2S/c20-7-14-17(12-3-5-13(6-4-12)26-9-11-1-2-11)15(8-21)19(24-18(14)23)27-10-16(22)25/h3-6,11H,1-2,9-10H2,(H2,22,25)(H2,23,24)/p+1. The molecule has 0 unspecified atom stereocenters. The summed E-state index contributed by atoms with van der Waals surface area (Å²) in [4.78, 5) is 15.3. The van der Waals surface area contributed by atoms with Gasteiger partial charge in [0.2, 0.25) is 0 Å². The second kappa shape index (κ2) is 8.09. The lowest BCUT2D eigenvalue weighted by molar-refractivity contribution is -0.301. The Balaban J connectivity index is 2.00. The summed E-state index contributed by atoms with van der Waals surface area (Å²) in [7, 11) is 0. The fourth-order valence-electron chi connectivity index (χ4n) is 2.56. The molecule has 2 aromatic rings. The van der Waals surface area contributed by atoms with Gasteiger partial charge in [-0.2, -0.15) is 10.5 Å². The summed E-state index contributed by atoms with van der Waals surface area (Å²) in [6.45, 7) is 0.703. The molecular formula is C19H18N5O2S+. The van der Waals surface area contributed by atoms with Gasteiger partial charge in [-0.25, -0.2) is 9.78 Å². The molecular weight excluding hydrogens is 362 g/mol. The highest BCUT2D eigenvalue weighted by atomic mass is 32.2. The van der Waals surface area contributed by atoms with Gasteiger partial charge in [0.05, 0.1) is 12.2 Å². The number of rotatable bonds is 7. The second-order valence-corrected chi connectivity index (χ2v) is 7.22. The number of aromatic nitrogens is 1. The summed E-state index contributed by atoms with van der Waals surface area (Å²) in [6, 6.07) is 11.3. The van der Waals surface area contributed by atoms with E-state index in [9.17, 15) is 15.3 Å². The maximum absolute atomic E-state index is 11.2. The van der Waals surface area contributed by atoms with Crippen molar-refractivity contribution in [2.24, 2.45) is 5.92 Å². The molecule has 7 nitrogen and oxygen atoms in total. The van der Waals surface area contributed by atoms with Gasteiger partial charge in [0.1, 0.15) is 40.0 Å². The Hall–Kier alpha value is -3.07. The minimum atomic E-state index is -0.285. The van der Waals surface area contributed by atoms with Crippen molar-refractivity contribution in [1.82, 2.24) is 4.98 Å². The van der Waals surface area contributed by atoms with Crippen molar-refractivity contribution in [2.45, 2.75) is 17.9 Å². The maximum Gasteiger partial charge on any atom is 0.319 e. The van der Waals surface area contributed by atoms with E-state index in [1.807, 2.05) is 18.2 Å². The van der Waals surface area contributed by atoms with Gasteiger partial charge < -0.3 is 10.5 Å². The molecule has 3 rings (SSSR count). The highest BCUT2D eigenvalue weighted by Gasteiger charge is 2.23. The van der Waals surface area contributed by atoms with E-state index in [-0.39, 0.29) is 28.6 Å².